The molecule has 1 aromatic carbocycles. The van der Waals surface area contributed by atoms with Crippen LogP contribution in [0.25, 0.3) is 11.4 Å². The second-order valence-electron chi connectivity index (χ2n) is 9.14. The van der Waals surface area contributed by atoms with Gasteiger partial charge < -0.3 is 18.8 Å². The molecule has 1 atom stereocenters. The number of amides is 1. The lowest BCUT2D eigenvalue weighted by atomic mass is 10.0. The highest BCUT2D eigenvalue weighted by atomic mass is 35.5. The number of nitrogens with two attached hydrogens (primary N) is 1. The predicted molar refractivity (Wildman–Crippen MR) is 139 cm³/mol. The maximum absolute atomic E-state index is 14.2. The number of rotatable bonds is 7. The average molecular weight is 539 g/mol. The smallest absolute Gasteiger partial charge is 0.319 e. The van der Waals surface area contributed by atoms with Gasteiger partial charge >= 0.3 is 6.01 Å². The number of imidazole rings is 1. The van der Waals surface area contributed by atoms with Gasteiger partial charge in [0.1, 0.15) is 23.3 Å². The van der Waals surface area contributed by atoms with Crippen molar-refractivity contribution in [3.63, 3.8) is 0 Å². The van der Waals surface area contributed by atoms with Crippen LogP contribution in [0.2, 0.25) is 5.02 Å². The van der Waals surface area contributed by atoms with Crippen LogP contribution in [0.5, 0.6) is 11.9 Å². The molecule has 198 valence electrons. The van der Waals surface area contributed by atoms with Crippen molar-refractivity contribution in [2.75, 3.05) is 21.3 Å². The Bertz CT molecular complexity index is 1460. The van der Waals surface area contributed by atoms with Crippen molar-refractivity contribution in [2.24, 2.45) is 0 Å². The normalized spacial score (nSPS) is 16.9. The van der Waals surface area contributed by atoms with E-state index in [1.807, 2.05) is 61.1 Å². The minimum atomic E-state index is -0.507. The maximum Gasteiger partial charge on any atom is 0.319 e. The Labute approximate surface area is 225 Å². The number of fused-ring (bicyclic) bond motifs is 1. The largest absolute Gasteiger partial charge is 0.480 e. The van der Waals surface area contributed by atoms with Crippen molar-refractivity contribution < 1.29 is 24.4 Å². The van der Waals surface area contributed by atoms with Crippen molar-refractivity contribution in [1.82, 2.24) is 29.8 Å². The molecule has 0 spiro atoms. The molecule has 4 heterocycles. The summed E-state index contributed by atoms with van der Waals surface area (Å²) in [6.45, 7) is 6.02. The molecule has 2 aromatic heterocycles. The Morgan fingerprint density at radius 3 is 2.45 bits per heavy atom. The first-order valence-electron chi connectivity index (χ1n) is 12.0. The van der Waals surface area contributed by atoms with E-state index in [1.165, 1.54) is 14.2 Å². The molecule has 1 unspecified atom stereocenters. The van der Waals surface area contributed by atoms with Gasteiger partial charge in [-0.25, -0.2) is 15.4 Å². The average Bonchev–Trinajstić information content (AvgIpc) is 3.43. The molecule has 2 aliphatic heterocycles. The first-order chi connectivity index (χ1) is 18.3. The number of halogens is 1. The molecule has 3 N–H and O–H groups in total. The number of nitrogens with one attached hydrogen (secondary N) is 1. The summed E-state index contributed by atoms with van der Waals surface area (Å²) in [4.78, 5) is 29.4. The molecular formula is C26H29ClN7O4+. The minimum Gasteiger partial charge on any atom is -0.480 e. The van der Waals surface area contributed by atoms with Crippen LogP contribution in [0.4, 0.5) is 0 Å². The highest BCUT2D eigenvalue weighted by Crippen LogP contribution is 2.45. The Morgan fingerprint density at radius 1 is 1.08 bits per heavy atom. The van der Waals surface area contributed by atoms with Gasteiger partial charge in [-0.05, 0) is 31.5 Å². The summed E-state index contributed by atoms with van der Waals surface area (Å²) in [7, 11) is 4.57. The van der Waals surface area contributed by atoms with Crippen LogP contribution >= 0.6 is 11.6 Å². The van der Waals surface area contributed by atoms with Gasteiger partial charge in [0.05, 0.1) is 32.6 Å². The lowest BCUT2D eigenvalue weighted by Crippen LogP contribution is -2.91. The zero-order valence-electron chi connectivity index (χ0n) is 21.9. The second-order valence-corrected chi connectivity index (χ2v) is 9.57. The molecule has 0 bridgehead atoms. The number of methoxy groups -OCH3 is 3. The zero-order valence-corrected chi connectivity index (χ0v) is 22.7. The molecule has 0 radical (unpaired) electrons. The molecule has 0 saturated heterocycles. The highest BCUT2D eigenvalue weighted by Gasteiger charge is 2.47. The van der Waals surface area contributed by atoms with Gasteiger partial charge in [0.15, 0.2) is 5.69 Å². The van der Waals surface area contributed by atoms with Crippen LogP contribution in [0.3, 0.4) is 0 Å². The number of benzene rings is 1. The van der Waals surface area contributed by atoms with E-state index in [2.05, 4.69) is 15.4 Å². The molecule has 12 heteroatoms. The Morgan fingerprint density at radius 2 is 1.82 bits per heavy atom. The van der Waals surface area contributed by atoms with Crippen LogP contribution in [-0.4, -0.2) is 51.7 Å². The summed E-state index contributed by atoms with van der Waals surface area (Å²) < 4.78 is 18.4. The fourth-order valence-corrected chi connectivity index (χ4v) is 4.93. The zero-order chi connectivity index (χ0) is 27.1. The van der Waals surface area contributed by atoms with Crippen molar-refractivity contribution in [2.45, 2.75) is 32.9 Å². The SMILES string of the molecule is COC1=C(N2C(=O)c3nc(-c4cnc(OC)nc4OC)n(C(C)C)c3C2c2ccc(Cl)cc2)C=C(C)[NH2+]N1. The van der Waals surface area contributed by atoms with Crippen molar-refractivity contribution in [3.05, 3.63) is 75.8 Å². The van der Waals surface area contributed by atoms with Crippen LogP contribution in [0.1, 0.15) is 54.6 Å². The fraction of sp³-hybridized carbons (Fsp3) is 0.308. The molecular weight excluding hydrogens is 510 g/mol. The molecule has 38 heavy (non-hydrogen) atoms. The molecule has 11 nitrogen and oxygen atoms in total. The molecule has 0 aliphatic carbocycles. The standard InChI is InChI=1S/C26H28ClN7O4/c1-13(2)33-21-19(29-22(33)17-12-28-26(38-6)30-23(17)36-4)25(35)34(18-11-14(3)31-32-24(18)37-5)20(21)15-7-9-16(27)10-8-15/h7-13,20,31-32H,1-6H3/p+1. The van der Waals surface area contributed by atoms with Gasteiger partial charge in [-0.1, -0.05) is 23.7 Å². The first-order valence-corrected chi connectivity index (χ1v) is 12.4. The number of aromatic nitrogens is 4. The quantitative estimate of drug-likeness (QED) is 0.441. The van der Waals surface area contributed by atoms with Crippen molar-refractivity contribution in [1.29, 1.82) is 0 Å². The summed E-state index contributed by atoms with van der Waals surface area (Å²) in [5.74, 6) is 1.03. The van der Waals surface area contributed by atoms with Crippen LogP contribution in [-0.2, 0) is 4.74 Å². The third-order valence-corrected chi connectivity index (χ3v) is 6.68. The number of quaternary nitrogens is 1. The highest BCUT2D eigenvalue weighted by molar-refractivity contribution is 6.30. The Hall–Kier alpha value is -4.09. The van der Waals surface area contributed by atoms with E-state index in [1.54, 1.807) is 18.2 Å². The summed E-state index contributed by atoms with van der Waals surface area (Å²) in [6, 6.07) is 7.06. The third-order valence-electron chi connectivity index (χ3n) is 6.43. The summed E-state index contributed by atoms with van der Waals surface area (Å²) >= 11 is 6.23. The summed E-state index contributed by atoms with van der Waals surface area (Å²) in [5, 5.41) is 0.601. The lowest BCUT2D eigenvalue weighted by molar-refractivity contribution is -0.664. The van der Waals surface area contributed by atoms with E-state index in [0.717, 1.165) is 17.0 Å². The van der Waals surface area contributed by atoms with Gasteiger partial charge in [-0.2, -0.15) is 10.4 Å². The molecule has 5 rings (SSSR count). The molecule has 0 saturated carbocycles. The molecule has 2 aliphatic rings. The molecule has 1 amide bonds. The number of carbonyl (C=O) groups is 1. The predicted octanol–water partition coefficient (Wildman–Crippen LogP) is 2.94. The fourth-order valence-electron chi connectivity index (χ4n) is 4.81. The topological polar surface area (TPSA) is 120 Å². The van der Waals surface area contributed by atoms with E-state index in [9.17, 15) is 4.79 Å². The number of hydrogen-bond acceptors (Lipinski definition) is 8. The van der Waals surface area contributed by atoms with E-state index in [-0.39, 0.29) is 18.0 Å². The van der Waals surface area contributed by atoms with E-state index in [4.69, 9.17) is 30.8 Å². The maximum atomic E-state index is 14.2. The summed E-state index contributed by atoms with van der Waals surface area (Å²) in [5.41, 5.74) is 9.01. The Balaban J connectivity index is 1.78. The molecule has 0 fully saturated rings. The van der Waals surface area contributed by atoms with Gasteiger partial charge in [-0.15, -0.1) is 0 Å². The number of allylic oxidation sites excluding steroid dienone is 2. The van der Waals surface area contributed by atoms with Gasteiger partial charge in [0.25, 0.3) is 11.8 Å². The number of nitrogens with zero attached hydrogens (tertiary/aromatic N) is 5. The third kappa shape index (κ3) is 4.13. The monoisotopic (exact) mass is 538 g/mol. The second kappa shape index (κ2) is 9.99. The molecule has 3 aromatic rings. The minimum absolute atomic E-state index is 0.0680. The van der Waals surface area contributed by atoms with Gasteiger partial charge in [0.2, 0.25) is 5.88 Å². The van der Waals surface area contributed by atoms with E-state index in [0.29, 0.717) is 39.6 Å². The lowest BCUT2D eigenvalue weighted by Gasteiger charge is -2.31. The number of hydrogen-bond donors (Lipinski definition) is 2. The Kier molecular flexibility index (Phi) is 6.72. The van der Waals surface area contributed by atoms with E-state index >= 15 is 0 Å². The summed E-state index contributed by atoms with van der Waals surface area (Å²) in [6.07, 6.45) is 3.52. The van der Waals surface area contributed by atoms with E-state index < -0.39 is 6.04 Å². The van der Waals surface area contributed by atoms with Crippen LogP contribution in [0, 0.1) is 0 Å². The number of ether oxygens (including phenoxy) is 3. The van der Waals surface area contributed by atoms with Gasteiger partial charge in [-0.3, -0.25) is 9.69 Å². The van der Waals surface area contributed by atoms with Crippen molar-refractivity contribution in [3.8, 4) is 23.3 Å². The van der Waals surface area contributed by atoms with Crippen LogP contribution in [0.15, 0.2) is 53.8 Å². The van der Waals surface area contributed by atoms with Crippen LogP contribution < -0.4 is 20.3 Å². The number of carbonyl (C=O) groups excluding carboxylic acids is 1. The first kappa shape index (κ1) is 25.6. The van der Waals surface area contributed by atoms with Crippen molar-refractivity contribution >= 4 is 17.5 Å². The van der Waals surface area contributed by atoms with Gasteiger partial charge in [0, 0.05) is 30.3 Å².